The first-order chi connectivity index (χ1) is 11.2. The highest BCUT2D eigenvalue weighted by Gasteiger charge is 2.41. The molecule has 124 valence electrons. The molecule has 1 aromatic carbocycles. The Hall–Kier alpha value is -1.91. The van der Waals surface area contributed by atoms with Crippen molar-refractivity contribution in [3.05, 3.63) is 23.8 Å². The molecule has 0 aromatic heterocycles. The first kappa shape index (κ1) is 14.7. The molecule has 0 spiro atoms. The number of urea groups is 1. The molecule has 2 saturated carbocycles. The largest absolute Gasteiger partial charge is 0.493 e. The van der Waals surface area contributed by atoms with Gasteiger partial charge in [-0.2, -0.15) is 0 Å². The van der Waals surface area contributed by atoms with Crippen molar-refractivity contribution in [2.24, 2.45) is 11.8 Å². The molecule has 23 heavy (non-hydrogen) atoms. The van der Waals surface area contributed by atoms with Crippen LogP contribution < -0.4 is 20.1 Å². The Balaban J connectivity index is 1.52. The summed E-state index contributed by atoms with van der Waals surface area (Å²) in [6.07, 6.45) is 5.51. The van der Waals surface area contributed by atoms with Crippen LogP contribution in [0.5, 0.6) is 11.5 Å². The lowest BCUT2D eigenvalue weighted by Gasteiger charge is -2.27. The SMILES string of the molecule is COc1ccc(C2CNC(=O)NC2)cc1O[C@@H]1C[C@@H]2CC[C@H]1C2. The van der Waals surface area contributed by atoms with Crippen molar-refractivity contribution in [1.82, 2.24) is 10.6 Å². The van der Waals surface area contributed by atoms with Crippen LogP contribution in [0.3, 0.4) is 0 Å². The fourth-order valence-corrected chi connectivity index (χ4v) is 4.34. The molecule has 2 N–H and O–H groups in total. The average Bonchev–Trinajstić information content (AvgIpc) is 3.18. The summed E-state index contributed by atoms with van der Waals surface area (Å²) in [5.74, 6) is 3.48. The lowest BCUT2D eigenvalue weighted by atomic mass is 9.96. The number of ether oxygens (including phenoxy) is 2. The third-order valence-corrected chi connectivity index (χ3v) is 5.63. The quantitative estimate of drug-likeness (QED) is 0.898. The van der Waals surface area contributed by atoms with Crippen LogP contribution in [0.1, 0.15) is 37.2 Å². The highest BCUT2D eigenvalue weighted by Crippen LogP contribution is 2.47. The Morgan fingerprint density at radius 3 is 2.57 bits per heavy atom. The topological polar surface area (TPSA) is 59.6 Å². The third-order valence-electron chi connectivity index (χ3n) is 5.63. The van der Waals surface area contributed by atoms with Crippen LogP contribution in [0.4, 0.5) is 4.79 Å². The van der Waals surface area contributed by atoms with Crippen LogP contribution >= 0.6 is 0 Å². The van der Waals surface area contributed by atoms with Gasteiger partial charge in [0.15, 0.2) is 11.5 Å². The first-order valence-corrected chi connectivity index (χ1v) is 8.59. The van der Waals surface area contributed by atoms with Crippen molar-refractivity contribution < 1.29 is 14.3 Å². The summed E-state index contributed by atoms with van der Waals surface area (Å²) in [5, 5.41) is 5.70. The van der Waals surface area contributed by atoms with Gasteiger partial charge in [-0.05, 0) is 55.2 Å². The summed E-state index contributed by atoms with van der Waals surface area (Å²) >= 11 is 0. The van der Waals surface area contributed by atoms with E-state index in [1.54, 1.807) is 7.11 Å². The van der Waals surface area contributed by atoms with Crippen LogP contribution in [0.15, 0.2) is 18.2 Å². The van der Waals surface area contributed by atoms with Gasteiger partial charge < -0.3 is 20.1 Å². The minimum absolute atomic E-state index is 0.0896. The molecule has 5 nitrogen and oxygen atoms in total. The molecule has 3 atom stereocenters. The van der Waals surface area contributed by atoms with Gasteiger partial charge in [-0.25, -0.2) is 4.79 Å². The number of rotatable bonds is 4. The molecule has 2 amide bonds. The molecule has 1 aliphatic heterocycles. The van der Waals surface area contributed by atoms with Crippen LogP contribution in [0, 0.1) is 11.8 Å². The Labute approximate surface area is 136 Å². The Bertz CT molecular complexity index is 594. The van der Waals surface area contributed by atoms with E-state index >= 15 is 0 Å². The second kappa shape index (κ2) is 5.95. The number of amides is 2. The molecule has 2 bridgehead atoms. The standard InChI is InChI=1S/C18H24N2O3/c1-22-15-5-4-12(14-9-19-18(21)20-10-14)8-17(15)23-16-7-11-2-3-13(16)6-11/h4-5,8,11,13-14,16H,2-3,6-7,9-10H2,1H3,(H2,19,20,21)/t11-,13+,16-/m1/s1. The van der Waals surface area contributed by atoms with Gasteiger partial charge in [0, 0.05) is 19.0 Å². The zero-order valence-corrected chi connectivity index (χ0v) is 13.5. The van der Waals surface area contributed by atoms with Crippen molar-refractivity contribution >= 4 is 6.03 Å². The van der Waals surface area contributed by atoms with E-state index in [0.717, 1.165) is 17.4 Å². The second-order valence-electron chi connectivity index (χ2n) is 7.03. The summed E-state index contributed by atoms with van der Waals surface area (Å²) in [6, 6.07) is 6.05. The zero-order valence-electron chi connectivity index (χ0n) is 13.5. The molecule has 4 rings (SSSR count). The summed E-state index contributed by atoms with van der Waals surface area (Å²) in [6.45, 7) is 1.32. The van der Waals surface area contributed by atoms with Gasteiger partial charge in [0.2, 0.25) is 0 Å². The smallest absolute Gasteiger partial charge is 0.314 e. The highest BCUT2D eigenvalue weighted by molar-refractivity contribution is 5.75. The van der Waals surface area contributed by atoms with E-state index in [0.29, 0.717) is 25.1 Å². The summed E-state index contributed by atoms with van der Waals surface area (Å²) in [4.78, 5) is 11.2. The van der Waals surface area contributed by atoms with Gasteiger partial charge in [0.1, 0.15) is 6.10 Å². The highest BCUT2D eigenvalue weighted by atomic mass is 16.5. The van der Waals surface area contributed by atoms with Crippen molar-refractivity contribution in [2.75, 3.05) is 20.2 Å². The molecule has 1 heterocycles. The molecule has 1 saturated heterocycles. The molecular weight excluding hydrogens is 292 g/mol. The van der Waals surface area contributed by atoms with E-state index in [2.05, 4.69) is 22.8 Å². The Kier molecular flexibility index (Phi) is 3.79. The van der Waals surface area contributed by atoms with Crippen molar-refractivity contribution in [3.8, 4) is 11.5 Å². The van der Waals surface area contributed by atoms with Gasteiger partial charge in [-0.1, -0.05) is 6.07 Å². The third kappa shape index (κ3) is 2.84. The fraction of sp³-hybridized carbons (Fsp3) is 0.611. The van der Waals surface area contributed by atoms with Crippen molar-refractivity contribution in [2.45, 2.75) is 37.7 Å². The Morgan fingerprint density at radius 2 is 1.91 bits per heavy atom. The molecule has 0 radical (unpaired) electrons. The Morgan fingerprint density at radius 1 is 1.09 bits per heavy atom. The second-order valence-corrected chi connectivity index (χ2v) is 7.03. The van der Waals surface area contributed by atoms with E-state index in [4.69, 9.17) is 9.47 Å². The van der Waals surface area contributed by atoms with Crippen LogP contribution in [0.25, 0.3) is 0 Å². The summed E-state index contributed by atoms with van der Waals surface area (Å²) < 4.78 is 11.8. The first-order valence-electron chi connectivity index (χ1n) is 8.59. The summed E-state index contributed by atoms with van der Waals surface area (Å²) in [7, 11) is 1.69. The number of benzene rings is 1. The molecular formula is C18H24N2O3. The number of carbonyl (C=O) groups excluding carboxylic acids is 1. The maximum Gasteiger partial charge on any atom is 0.314 e. The predicted molar refractivity (Wildman–Crippen MR) is 87.0 cm³/mol. The maximum atomic E-state index is 11.2. The number of fused-ring (bicyclic) bond motifs is 2. The normalized spacial score (nSPS) is 30.0. The number of nitrogens with one attached hydrogen (secondary N) is 2. The van der Waals surface area contributed by atoms with Gasteiger partial charge in [-0.15, -0.1) is 0 Å². The van der Waals surface area contributed by atoms with Crippen LogP contribution in [-0.4, -0.2) is 32.3 Å². The van der Waals surface area contributed by atoms with Gasteiger partial charge in [-0.3, -0.25) is 0 Å². The average molecular weight is 316 g/mol. The van der Waals surface area contributed by atoms with E-state index in [1.165, 1.54) is 31.2 Å². The molecule has 3 fully saturated rings. The fourth-order valence-electron chi connectivity index (χ4n) is 4.34. The van der Waals surface area contributed by atoms with Gasteiger partial charge >= 0.3 is 6.03 Å². The number of hydrogen-bond donors (Lipinski definition) is 2. The van der Waals surface area contributed by atoms with E-state index in [1.807, 2.05) is 6.07 Å². The summed E-state index contributed by atoms with van der Waals surface area (Å²) in [5.41, 5.74) is 1.18. The van der Waals surface area contributed by atoms with E-state index in [-0.39, 0.29) is 11.9 Å². The maximum absolute atomic E-state index is 11.2. The van der Waals surface area contributed by atoms with E-state index < -0.39 is 0 Å². The number of carbonyl (C=O) groups is 1. The molecule has 5 heteroatoms. The van der Waals surface area contributed by atoms with Crippen LogP contribution in [-0.2, 0) is 0 Å². The minimum atomic E-state index is -0.0896. The van der Waals surface area contributed by atoms with E-state index in [9.17, 15) is 4.79 Å². The van der Waals surface area contributed by atoms with Crippen molar-refractivity contribution in [3.63, 3.8) is 0 Å². The zero-order chi connectivity index (χ0) is 15.8. The van der Waals surface area contributed by atoms with Crippen LogP contribution in [0.2, 0.25) is 0 Å². The molecule has 2 aliphatic carbocycles. The molecule has 1 aromatic rings. The monoisotopic (exact) mass is 316 g/mol. The van der Waals surface area contributed by atoms with Gasteiger partial charge in [0.05, 0.1) is 7.11 Å². The van der Waals surface area contributed by atoms with Crippen molar-refractivity contribution in [1.29, 1.82) is 0 Å². The minimum Gasteiger partial charge on any atom is -0.493 e. The molecule has 0 unspecified atom stereocenters. The van der Waals surface area contributed by atoms with Gasteiger partial charge in [0.25, 0.3) is 0 Å². The number of methoxy groups -OCH3 is 1. The predicted octanol–water partition coefficient (Wildman–Crippen LogP) is 2.66. The number of hydrogen-bond acceptors (Lipinski definition) is 3. The lowest BCUT2D eigenvalue weighted by molar-refractivity contribution is 0.133. The molecule has 3 aliphatic rings. The lowest BCUT2D eigenvalue weighted by Crippen LogP contribution is -2.47.